The van der Waals surface area contributed by atoms with E-state index in [1.165, 1.54) is 4.90 Å². The average Bonchev–Trinajstić information content (AvgIpc) is 2.88. The maximum atomic E-state index is 12.4. The largest absolute Gasteiger partial charge is 0.329 e. The molecule has 2 heterocycles. The fourth-order valence-electron chi connectivity index (χ4n) is 3.30. The van der Waals surface area contributed by atoms with E-state index in [2.05, 4.69) is 0 Å². The van der Waals surface area contributed by atoms with Gasteiger partial charge in [0, 0.05) is 17.0 Å². The summed E-state index contributed by atoms with van der Waals surface area (Å²) >= 11 is 5.84. The van der Waals surface area contributed by atoms with Crippen molar-refractivity contribution in [3.05, 3.63) is 34.9 Å². The number of piperazine rings is 1. The molecule has 0 spiro atoms. The van der Waals surface area contributed by atoms with E-state index >= 15 is 0 Å². The van der Waals surface area contributed by atoms with Crippen LogP contribution >= 0.6 is 11.6 Å². The van der Waals surface area contributed by atoms with Crippen LogP contribution in [-0.2, 0) is 9.84 Å². The van der Waals surface area contributed by atoms with Gasteiger partial charge in [-0.05, 0) is 24.3 Å². The Morgan fingerprint density at radius 2 is 1.82 bits per heavy atom. The van der Waals surface area contributed by atoms with Gasteiger partial charge in [-0.25, -0.2) is 8.42 Å². The molecule has 3 rings (SSSR count). The fourth-order valence-corrected chi connectivity index (χ4v) is 5.25. The van der Waals surface area contributed by atoms with E-state index < -0.39 is 9.84 Å². The van der Waals surface area contributed by atoms with Gasteiger partial charge in [-0.2, -0.15) is 0 Å². The molecular formula is C15H20ClN2O3S+. The van der Waals surface area contributed by atoms with Gasteiger partial charge in [0.05, 0.1) is 31.9 Å². The number of benzene rings is 1. The maximum Gasteiger partial charge on any atom is 0.254 e. The monoisotopic (exact) mass is 343 g/mol. The van der Waals surface area contributed by atoms with Crippen LogP contribution in [-0.4, -0.2) is 63.0 Å². The summed E-state index contributed by atoms with van der Waals surface area (Å²) < 4.78 is 23.2. The second kappa shape index (κ2) is 6.18. The zero-order valence-corrected chi connectivity index (χ0v) is 13.9. The smallest absolute Gasteiger partial charge is 0.254 e. The first-order valence-electron chi connectivity index (χ1n) is 7.54. The average molecular weight is 344 g/mol. The van der Waals surface area contributed by atoms with Gasteiger partial charge < -0.3 is 9.80 Å². The van der Waals surface area contributed by atoms with Crippen molar-refractivity contribution in [1.29, 1.82) is 0 Å². The lowest BCUT2D eigenvalue weighted by Gasteiger charge is -2.35. The molecule has 22 heavy (non-hydrogen) atoms. The number of hydrogen-bond acceptors (Lipinski definition) is 3. The first-order valence-corrected chi connectivity index (χ1v) is 9.74. The number of carbonyl (C=O) groups is 1. The van der Waals surface area contributed by atoms with Gasteiger partial charge in [0.15, 0.2) is 9.84 Å². The van der Waals surface area contributed by atoms with Crippen molar-refractivity contribution in [1.82, 2.24) is 4.90 Å². The Morgan fingerprint density at radius 1 is 1.18 bits per heavy atom. The van der Waals surface area contributed by atoms with Gasteiger partial charge in [0.1, 0.15) is 11.8 Å². The molecule has 5 nitrogen and oxygen atoms in total. The molecule has 1 amide bonds. The van der Waals surface area contributed by atoms with E-state index in [0.717, 1.165) is 19.5 Å². The molecule has 0 aliphatic carbocycles. The summed E-state index contributed by atoms with van der Waals surface area (Å²) in [6, 6.07) is 7.14. The second-order valence-corrected chi connectivity index (χ2v) is 8.72. The van der Waals surface area contributed by atoms with Crippen LogP contribution in [0.3, 0.4) is 0 Å². The molecule has 120 valence electrons. The number of carbonyl (C=O) groups excluding carboxylic acids is 1. The Morgan fingerprint density at radius 3 is 2.36 bits per heavy atom. The zero-order valence-electron chi connectivity index (χ0n) is 12.3. The molecule has 0 unspecified atom stereocenters. The summed E-state index contributed by atoms with van der Waals surface area (Å²) in [7, 11) is -2.84. The lowest BCUT2D eigenvalue weighted by Crippen LogP contribution is -3.18. The van der Waals surface area contributed by atoms with E-state index in [1.807, 2.05) is 4.90 Å². The highest BCUT2D eigenvalue weighted by Gasteiger charge is 2.37. The SMILES string of the molecule is O=C(c1ccc(Cl)cc1)N1CC[NH+]([C@@H]2CCS(=O)(=O)C2)CC1. The van der Waals surface area contributed by atoms with Crippen molar-refractivity contribution < 1.29 is 18.1 Å². The van der Waals surface area contributed by atoms with Crippen LogP contribution < -0.4 is 4.90 Å². The van der Waals surface area contributed by atoms with Crippen LogP contribution in [0, 0.1) is 0 Å². The molecule has 1 aromatic carbocycles. The Hall–Kier alpha value is -1.11. The minimum atomic E-state index is -2.84. The number of halogens is 1. The normalized spacial score (nSPS) is 25.3. The van der Waals surface area contributed by atoms with Gasteiger partial charge >= 0.3 is 0 Å². The molecule has 7 heteroatoms. The third kappa shape index (κ3) is 3.45. The molecule has 0 aromatic heterocycles. The van der Waals surface area contributed by atoms with Gasteiger partial charge in [0.2, 0.25) is 0 Å². The van der Waals surface area contributed by atoms with Crippen molar-refractivity contribution in [3.63, 3.8) is 0 Å². The highest BCUT2D eigenvalue weighted by molar-refractivity contribution is 7.91. The van der Waals surface area contributed by atoms with Crippen molar-refractivity contribution >= 4 is 27.3 Å². The van der Waals surface area contributed by atoms with Gasteiger partial charge in [-0.15, -0.1) is 0 Å². The quantitative estimate of drug-likeness (QED) is 0.813. The van der Waals surface area contributed by atoms with Crippen LogP contribution in [0.1, 0.15) is 16.8 Å². The van der Waals surface area contributed by atoms with Gasteiger partial charge in [-0.1, -0.05) is 11.6 Å². The molecule has 0 bridgehead atoms. The molecule has 0 saturated carbocycles. The van der Waals surface area contributed by atoms with Crippen LogP contribution in [0.25, 0.3) is 0 Å². The van der Waals surface area contributed by atoms with E-state index in [4.69, 9.17) is 11.6 Å². The van der Waals surface area contributed by atoms with Crippen LogP contribution in [0.2, 0.25) is 5.02 Å². The minimum absolute atomic E-state index is 0.0229. The highest BCUT2D eigenvalue weighted by atomic mass is 35.5. The first kappa shape index (κ1) is 15.8. The van der Waals surface area contributed by atoms with E-state index in [0.29, 0.717) is 35.2 Å². The van der Waals surface area contributed by atoms with Crippen LogP contribution in [0.4, 0.5) is 0 Å². The molecule has 1 aromatic rings. The molecule has 2 aliphatic rings. The summed E-state index contributed by atoms with van der Waals surface area (Å²) in [6.07, 6.45) is 0.753. The third-order valence-electron chi connectivity index (χ3n) is 4.59. The number of nitrogens with zero attached hydrogens (tertiary/aromatic N) is 1. The van der Waals surface area contributed by atoms with E-state index in [9.17, 15) is 13.2 Å². The number of sulfone groups is 1. The third-order valence-corrected chi connectivity index (χ3v) is 6.61. The molecule has 2 saturated heterocycles. The van der Waals surface area contributed by atoms with E-state index in [1.54, 1.807) is 24.3 Å². The van der Waals surface area contributed by atoms with Gasteiger partial charge in [-0.3, -0.25) is 4.79 Å². The zero-order chi connectivity index (χ0) is 15.7. The lowest BCUT2D eigenvalue weighted by molar-refractivity contribution is -0.925. The summed E-state index contributed by atoms with van der Waals surface area (Å²) in [4.78, 5) is 15.6. The predicted octanol–water partition coefficient (Wildman–Crippen LogP) is -0.132. The molecule has 2 fully saturated rings. The minimum Gasteiger partial charge on any atom is -0.329 e. The number of amides is 1. The molecule has 1 N–H and O–H groups in total. The molecule has 1 atom stereocenters. The summed E-state index contributed by atoms with van der Waals surface area (Å²) in [5.74, 6) is 0.636. The number of nitrogens with one attached hydrogen (secondary N) is 1. The summed E-state index contributed by atoms with van der Waals surface area (Å²) in [6.45, 7) is 2.99. The molecular weight excluding hydrogens is 324 g/mol. The Kier molecular flexibility index (Phi) is 4.43. The molecule has 2 aliphatic heterocycles. The van der Waals surface area contributed by atoms with E-state index in [-0.39, 0.29) is 11.9 Å². The van der Waals surface area contributed by atoms with Gasteiger partial charge in [0.25, 0.3) is 5.91 Å². The standard InChI is InChI=1S/C15H19ClN2O3S/c16-13-3-1-12(2-4-13)15(19)18-8-6-17(7-9-18)14-5-10-22(20,21)11-14/h1-4,14H,5-11H2/p+1/t14-/m1/s1. The summed E-state index contributed by atoms with van der Waals surface area (Å²) in [5.41, 5.74) is 0.649. The van der Waals surface area contributed by atoms with Crippen molar-refractivity contribution in [3.8, 4) is 0 Å². The lowest BCUT2D eigenvalue weighted by atomic mass is 10.1. The number of hydrogen-bond donors (Lipinski definition) is 1. The number of rotatable bonds is 2. The van der Waals surface area contributed by atoms with Crippen molar-refractivity contribution in [2.45, 2.75) is 12.5 Å². The molecule has 0 radical (unpaired) electrons. The topological polar surface area (TPSA) is 58.9 Å². The Labute approximate surface area is 135 Å². The summed E-state index contributed by atoms with van der Waals surface area (Å²) in [5, 5.41) is 0.619. The Bertz CT molecular complexity index is 652. The first-order chi connectivity index (χ1) is 10.4. The fraction of sp³-hybridized carbons (Fsp3) is 0.533. The van der Waals surface area contributed by atoms with Crippen molar-refractivity contribution in [2.24, 2.45) is 0 Å². The second-order valence-electron chi connectivity index (χ2n) is 6.06. The maximum absolute atomic E-state index is 12.4. The predicted molar refractivity (Wildman–Crippen MR) is 85.1 cm³/mol. The van der Waals surface area contributed by atoms with Crippen LogP contribution in [0.5, 0.6) is 0 Å². The van der Waals surface area contributed by atoms with Crippen molar-refractivity contribution in [2.75, 3.05) is 37.7 Å². The number of quaternary nitrogens is 1. The van der Waals surface area contributed by atoms with Crippen LogP contribution in [0.15, 0.2) is 24.3 Å². The Balaban J connectivity index is 1.57. The highest BCUT2D eigenvalue weighted by Crippen LogP contribution is 2.12.